The summed E-state index contributed by atoms with van der Waals surface area (Å²) in [5.41, 5.74) is 0.631. The Morgan fingerprint density at radius 2 is 2.47 bits per heavy atom. The highest BCUT2D eigenvalue weighted by atomic mass is 35.5. The number of rotatable bonds is 4. The lowest BCUT2D eigenvalue weighted by Gasteiger charge is -2.20. The average Bonchev–Trinajstić information content (AvgIpc) is 2.97. The van der Waals surface area contributed by atoms with Crippen LogP contribution in [-0.4, -0.2) is 39.1 Å². The molecule has 1 aliphatic carbocycles. The van der Waals surface area contributed by atoms with Gasteiger partial charge < -0.3 is 4.90 Å². The van der Waals surface area contributed by atoms with E-state index in [1.807, 2.05) is 4.90 Å². The largest absolute Gasteiger partial charge is 0.333 e. The van der Waals surface area contributed by atoms with Crippen molar-refractivity contribution in [3.05, 3.63) is 18.0 Å². The molecule has 2 rings (SSSR count). The zero-order valence-corrected chi connectivity index (χ0v) is 9.44. The first kappa shape index (κ1) is 10.5. The first-order valence-corrected chi connectivity index (χ1v) is 5.62. The summed E-state index contributed by atoms with van der Waals surface area (Å²) in [6, 6.07) is 2.14. The first-order chi connectivity index (χ1) is 7.24. The third kappa shape index (κ3) is 2.15. The topological polar surface area (TPSA) is 38.1 Å². The van der Waals surface area contributed by atoms with Crippen molar-refractivity contribution in [1.29, 1.82) is 0 Å². The molecule has 4 nitrogen and oxygen atoms in total. The molecule has 0 unspecified atom stereocenters. The molecule has 0 atom stereocenters. The zero-order chi connectivity index (χ0) is 10.8. The third-order valence-electron chi connectivity index (χ3n) is 2.61. The second-order valence-corrected chi connectivity index (χ2v) is 4.14. The Kier molecular flexibility index (Phi) is 2.95. The number of hydrogen-bond acceptors (Lipinski definition) is 2. The van der Waals surface area contributed by atoms with Crippen LogP contribution in [0.3, 0.4) is 0 Å². The van der Waals surface area contributed by atoms with Crippen LogP contribution in [0, 0.1) is 0 Å². The van der Waals surface area contributed by atoms with Crippen LogP contribution in [-0.2, 0) is 7.05 Å². The van der Waals surface area contributed by atoms with Crippen molar-refractivity contribution in [1.82, 2.24) is 14.7 Å². The van der Waals surface area contributed by atoms with Gasteiger partial charge in [0.25, 0.3) is 5.91 Å². The van der Waals surface area contributed by atoms with E-state index in [1.165, 1.54) is 0 Å². The fourth-order valence-electron chi connectivity index (χ4n) is 1.66. The quantitative estimate of drug-likeness (QED) is 0.727. The second-order valence-electron chi connectivity index (χ2n) is 3.76. The molecule has 1 fully saturated rings. The summed E-state index contributed by atoms with van der Waals surface area (Å²) >= 11 is 5.70. The van der Waals surface area contributed by atoms with Crippen LogP contribution in [0.4, 0.5) is 0 Å². The summed E-state index contributed by atoms with van der Waals surface area (Å²) in [6.07, 6.45) is 3.83. The lowest BCUT2D eigenvalue weighted by atomic mass is 10.3. The molecule has 1 heterocycles. The van der Waals surface area contributed by atoms with Crippen molar-refractivity contribution < 1.29 is 4.79 Å². The van der Waals surface area contributed by atoms with Gasteiger partial charge in [0.15, 0.2) is 0 Å². The first-order valence-electron chi connectivity index (χ1n) is 5.09. The summed E-state index contributed by atoms with van der Waals surface area (Å²) in [4.78, 5) is 14.0. The Morgan fingerprint density at radius 1 is 1.73 bits per heavy atom. The molecule has 0 N–H and O–H groups in total. The van der Waals surface area contributed by atoms with Gasteiger partial charge in [-0.3, -0.25) is 9.48 Å². The maximum atomic E-state index is 12.1. The Morgan fingerprint density at radius 3 is 2.93 bits per heavy atom. The molecule has 1 aliphatic rings. The Balaban J connectivity index is 2.14. The monoisotopic (exact) mass is 227 g/mol. The number of carbonyl (C=O) groups excluding carboxylic acids is 1. The number of halogens is 1. The molecular formula is C10H14ClN3O. The van der Waals surface area contributed by atoms with Gasteiger partial charge in [0, 0.05) is 31.7 Å². The standard InChI is InChI=1S/C10H14ClN3O/c1-13-9(4-6-12-13)10(15)14(7-5-11)8-2-3-8/h4,6,8H,2-3,5,7H2,1H3. The van der Waals surface area contributed by atoms with Crippen LogP contribution in [0.5, 0.6) is 0 Å². The van der Waals surface area contributed by atoms with Gasteiger partial charge in [-0.05, 0) is 18.9 Å². The Labute approximate surface area is 93.8 Å². The fourth-order valence-corrected chi connectivity index (χ4v) is 1.84. The normalized spacial score (nSPS) is 15.3. The molecule has 82 valence electrons. The van der Waals surface area contributed by atoms with Crippen LogP contribution in [0.1, 0.15) is 23.3 Å². The molecule has 0 saturated heterocycles. The maximum absolute atomic E-state index is 12.1. The minimum Gasteiger partial charge on any atom is -0.333 e. The van der Waals surface area contributed by atoms with Crippen LogP contribution in [0.25, 0.3) is 0 Å². The van der Waals surface area contributed by atoms with Crippen molar-refractivity contribution in [2.75, 3.05) is 12.4 Å². The summed E-state index contributed by atoms with van der Waals surface area (Å²) in [5.74, 6) is 0.526. The highest BCUT2D eigenvalue weighted by Gasteiger charge is 2.33. The van der Waals surface area contributed by atoms with Gasteiger partial charge in [0.05, 0.1) is 0 Å². The maximum Gasteiger partial charge on any atom is 0.272 e. The van der Waals surface area contributed by atoms with Gasteiger partial charge in [-0.25, -0.2) is 0 Å². The third-order valence-corrected chi connectivity index (χ3v) is 2.78. The molecule has 0 spiro atoms. The van der Waals surface area contributed by atoms with E-state index in [2.05, 4.69) is 5.10 Å². The fraction of sp³-hybridized carbons (Fsp3) is 0.600. The molecule has 0 radical (unpaired) electrons. The van der Waals surface area contributed by atoms with E-state index in [0.717, 1.165) is 12.8 Å². The summed E-state index contributed by atoms with van der Waals surface area (Å²) in [6.45, 7) is 0.621. The van der Waals surface area contributed by atoms with Crippen LogP contribution >= 0.6 is 11.6 Å². The number of amides is 1. The van der Waals surface area contributed by atoms with Gasteiger partial charge in [0.1, 0.15) is 5.69 Å². The summed E-state index contributed by atoms with van der Waals surface area (Å²) in [5, 5.41) is 4.00. The van der Waals surface area contributed by atoms with Gasteiger partial charge in [-0.15, -0.1) is 11.6 Å². The lowest BCUT2D eigenvalue weighted by molar-refractivity contribution is 0.0742. The summed E-state index contributed by atoms with van der Waals surface area (Å²) < 4.78 is 1.60. The van der Waals surface area contributed by atoms with Gasteiger partial charge >= 0.3 is 0 Å². The Bertz CT molecular complexity index is 359. The van der Waals surface area contributed by atoms with Gasteiger partial charge in [0.2, 0.25) is 0 Å². The molecule has 1 saturated carbocycles. The highest BCUT2D eigenvalue weighted by Crippen LogP contribution is 2.27. The molecule has 1 amide bonds. The van der Waals surface area contributed by atoms with E-state index < -0.39 is 0 Å². The van der Waals surface area contributed by atoms with Crippen molar-refractivity contribution >= 4 is 17.5 Å². The number of hydrogen-bond donors (Lipinski definition) is 0. The number of aromatic nitrogens is 2. The lowest BCUT2D eigenvalue weighted by Crippen LogP contribution is -2.35. The van der Waals surface area contributed by atoms with E-state index in [1.54, 1.807) is 24.0 Å². The molecular weight excluding hydrogens is 214 g/mol. The summed E-state index contributed by atoms with van der Waals surface area (Å²) in [7, 11) is 1.78. The van der Waals surface area contributed by atoms with Crippen LogP contribution in [0.15, 0.2) is 12.3 Å². The highest BCUT2D eigenvalue weighted by molar-refractivity contribution is 6.18. The van der Waals surface area contributed by atoms with Crippen molar-refractivity contribution in [3.8, 4) is 0 Å². The Hall–Kier alpha value is -1.03. The minimum atomic E-state index is 0.0400. The van der Waals surface area contributed by atoms with E-state index in [0.29, 0.717) is 24.2 Å². The van der Waals surface area contributed by atoms with Crippen molar-refractivity contribution in [2.24, 2.45) is 7.05 Å². The molecule has 0 aliphatic heterocycles. The van der Waals surface area contributed by atoms with E-state index >= 15 is 0 Å². The zero-order valence-electron chi connectivity index (χ0n) is 8.69. The van der Waals surface area contributed by atoms with Crippen molar-refractivity contribution in [2.45, 2.75) is 18.9 Å². The minimum absolute atomic E-state index is 0.0400. The van der Waals surface area contributed by atoms with Crippen molar-refractivity contribution in [3.63, 3.8) is 0 Å². The second kappa shape index (κ2) is 4.23. The van der Waals surface area contributed by atoms with Gasteiger partial charge in [-0.1, -0.05) is 0 Å². The van der Waals surface area contributed by atoms with E-state index in [-0.39, 0.29) is 5.91 Å². The molecule has 15 heavy (non-hydrogen) atoms. The molecule has 1 aromatic rings. The number of carbonyl (C=O) groups is 1. The molecule has 0 aromatic carbocycles. The number of aryl methyl sites for hydroxylation is 1. The molecule has 1 aromatic heterocycles. The van der Waals surface area contributed by atoms with E-state index in [9.17, 15) is 4.79 Å². The van der Waals surface area contributed by atoms with Crippen LogP contribution < -0.4 is 0 Å². The molecule has 5 heteroatoms. The van der Waals surface area contributed by atoms with Gasteiger partial charge in [-0.2, -0.15) is 5.10 Å². The smallest absolute Gasteiger partial charge is 0.272 e. The molecule has 0 bridgehead atoms. The van der Waals surface area contributed by atoms with E-state index in [4.69, 9.17) is 11.6 Å². The SMILES string of the molecule is Cn1nccc1C(=O)N(CCCl)C1CC1. The average molecular weight is 228 g/mol. The van der Waals surface area contributed by atoms with Crippen LogP contribution in [0.2, 0.25) is 0 Å². The predicted octanol–water partition coefficient (Wildman–Crippen LogP) is 1.26. The predicted molar refractivity (Wildman–Crippen MR) is 58.0 cm³/mol. The number of alkyl halides is 1. The number of nitrogens with zero attached hydrogens (tertiary/aromatic N) is 3.